The molecule has 1 aliphatic heterocycles. The van der Waals surface area contributed by atoms with Crippen molar-refractivity contribution in [2.45, 2.75) is 24.9 Å². The third-order valence-electron chi connectivity index (χ3n) is 5.07. The third kappa shape index (κ3) is 6.82. The number of carbonyl (C=O) groups is 3. The Hall–Kier alpha value is -3.40. The average Bonchev–Trinajstić information content (AvgIpc) is 3.31. The molecule has 0 saturated carbocycles. The Morgan fingerprint density at radius 3 is 2.26 bits per heavy atom. The number of hydrogen-bond acceptors (Lipinski definition) is 6. The van der Waals surface area contributed by atoms with E-state index in [1.165, 1.54) is 5.56 Å². The van der Waals surface area contributed by atoms with Crippen LogP contribution in [0.4, 0.5) is 0 Å². The smallest absolute Gasteiger partial charge is 0.290 e. The van der Waals surface area contributed by atoms with Gasteiger partial charge >= 0.3 is 0 Å². The molecule has 1 amide bonds. The first kappa shape index (κ1) is 25.6. The molecule has 1 fully saturated rings. The molecular weight excluding hydrogens is 404 g/mol. The van der Waals surface area contributed by atoms with E-state index in [4.69, 9.17) is 24.5 Å². The summed E-state index contributed by atoms with van der Waals surface area (Å²) in [6.07, 6.45) is 6.95. The first-order valence-electron chi connectivity index (χ1n) is 9.60. The summed E-state index contributed by atoms with van der Waals surface area (Å²) in [4.78, 5) is 37.9. The Morgan fingerprint density at radius 1 is 1.19 bits per heavy atom. The number of hydrogen-bond donors (Lipinski definition) is 2. The number of para-hydroxylation sites is 1. The minimum Gasteiger partial charge on any atom is -0.496 e. The second kappa shape index (κ2) is 13.0. The fourth-order valence-electron chi connectivity index (χ4n) is 3.67. The number of amides is 1. The van der Waals surface area contributed by atoms with Crippen LogP contribution in [0.5, 0.6) is 5.75 Å². The maximum Gasteiger partial charge on any atom is 0.290 e. The molecule has 170 valence electrons. The zero-order valence-electron chi connectivity index (χ0n) is 18.0. The average molecular weight is 434 g/mol. The molecule has 2 N–H and O–H groups in total. The Labute approximate surface area is 181 Å². The number of aromatic nitrogens is 2. The lowest BCUT2D eigenvalue weighted by molar-refractivity contribution is -0.141. The molecule has 10 nitrogen and oxygen atoms in total. The number of ether oxygens (including phenoxy) is 1. The van der Waals surface area contributed by atoms with Gasteiger partial charge in [-0.2, -0.15) is 0 Å². The Kier molecular flexibility index (Phi) is 10.8. The molecule has 1 aliphatic rings. The minimum atomic E-state index is -0.530. The van der Waals surface area contributed by atoms with E-state index in [-0.39, 0.29) is 18.9 Å². The van der Waals surface area contributed by atoms with Gasteiger partial charge in [0.1, 0.15) is 11.3 Å². The van der Waals surface area contributed by atoms with Gasteiger partial charge in [0.15, 0.2) is 0 Å². The zero-order chi connectivity index (χ0) is 23.3. The lowest BCUT2D eigenvalue weighted by Crippen LogP contribution is -2.54. The van der Waals surface area contributed by atoms with Crippen molar-refractivity contribution in [2.24, 2.45) is 0 Å². The first-order chi connectivity index (χ1) is 14.9. The van der Waals surface area contributed by atoms with Crippen LogP contribution >= 0.6 is 0 Å². The number of nitrogens with zero attached hydrogens (tertiary/aromatic N) is 4. The van der Waals surface area contributed by atoms with Crippen LogP contribution in [0.15, 0.2) is 43.0 Å². The van der Waals surface area contributed by atoms with Crippen LogP contribution in [0.25, 0.3) is 0 Å². The highest BCUT2D eigenvalue weighted by atomic mass is 16.5. The van der Waals surface area contributed by atoms with Crippen LogP contribution in [0.1, 0.15) is 18.4 Å². The molecule has 31 heavy (non-hydrogen) atoms. The lowest BCUT2D eigenvalue weighted by Gasteiger charge is -2.42. The Morgan fingerprint density at radius 2 is 1.77 bits per heavy atom. The monoisotopic (exact) mass is 434 g/mol. The van der Waals surface area contributed by atoms with Crippen LogP contribution in [0.3, 0.4) is 0 Å². The van der Waals surface area contributed by atoms with Gasteiger partial charge < -0.3 is 24.4 Å². The molecule has 2 heterocycles. The third-order valence-corrected chi connectivity index (χ3v) is 5.07. The van der Waals surface area contributed by atoms with Gasteiger partial charge in [-0.05, 0) is 18.9 Å². The van der Waals surface area contributed by atoms with E-state index in [1.807, 2.05) is 43.1 Å². The van der Waals surface area contributed by atoms with Crippen molar-refractivity contribution >= 4 is 18.9 Å². The van der Waals surface area contributed by atoms with Crippen LogP contribution < -0.4 is 4.74 Å². The maximum atomic E-state index is 12.9. The number of imidazole rings is 1. The fourth-order valence-corrected chi connectivity index (χ4v) is 3.67. The number of piperidine rings is 1. The molecule has 10 heteroatoms. The molecule has 0 spiro atoms. The topological polar surface area (TPSA) is 125 Å². The highest BCUT2D eigenvalue weighted by Crippen LogP contribution is 2.33. The molecule has 2 aromatic rings. The molecule has 0 atom stereocenters. The number of rotatable bonds is 5. The van der Waals surface area contributed by atoms with Gasteiger partial charge in [0.2, 0.25) is 5.91 Å². The predicted molar refractivity (Wildman–Crippen MR) is 114 cm³/mol. The first-order valence-corrected chi connectivity index (χ1v) is 9.60. The standard InChI is InChI=1S/C19H26N4O2.2CH2O2/c1-21(2)18(24)19(23-13-10-20-15-23)8-11-22(12-9-19)14-16-6-4-5-7-17(16)25-3;2*2-1-3/h4-7,10,13,15H,8-9,11-12,14H2,1-3H3;2*1H,(H,2,3). The number of methoxy groups -OCH3 is 1. The largest absolute Gasteiger partial charge is 0.496 e. The summed E-state index contributed by atoms with van der Waals surface area (Å²) in [5.41, 5.74) is 0.649. The van der Waals surface area contributed by atoms with Gasteiger partial charge in [0.25, 0.3) is 12.9 Å². The van der Waals surface area contributed by atoms with E-state index in [2.05, 4.69) is 16.0 Å². The summed E-state index contributed by atoms with van der Waals surface area (Å²) in [6.45, 7) is 2.05. The maximum absolute atomic E-state index is 12.9. The van der Waals surface area contributed by atoms with Crippen LogP contribution in [0, 0.1) is 0 Å². The van der Waals surface area contributed by atoms with E-state index in [0.717, 1.165) is 38.2 Å². The van der Waals surface area contributed by atoms with Gasteiger partial charge in [0, 0.05) is 51.7 Å². The lowest BCUT2D eigenvalue weighted by atomic mass is 9.85. The summed E-state index contributed by atoms with van der Waals surface area (Å²) >= 11 is 0. The second-order valence-electron chi connectivity index (χ2n) is 7.00. The number of benzene rings is 1. The highest BCUT2D eigenvalue weighted by molar-refractivity contribution is 5.84. The van der Waals surface area contributed by atoms with Crippen molar-refractivity contribution in [3.63, 3.8) is 0 Å². The van der Waals surface area contributed by atoms with E-state index >= 15 is 0 Å². The summed E-state index contributed by atoms with van der Waals surface area (Å²) in [7, 11) is 5.35. The van der Waals surface area contributed by atoms with E-state index < -0.39 is 5.54 Å². The van der Waals surface area contributed by atoms with E-state index in [9.17, 15) is 4.79 Å². The molecule has 0 radical (unpaired) electrons. The van der Waals surface area contributed by atoms with Crippen molar-refractivity contribution in [1.29, 1.82) is 0 Å². The van der Waals surface area contributed by atoms with E-state index in [0.29, 0.717) is 0 Å². The van der Waals surface area contributed by atoms with Gasteiger partial charge in [-0.3, -0.25) is 19.3 Å². The molecular formula is C21H30N4O6. The Balaban J connectivity index is 0.000000720. The van der Waals surface area contributed by atoms with Gasteiger partial charge in [-0.25, -0.2) is 4.98 Å². The zero-order valence-corrected chi connectivity index (χ0v) is 18.0. The van der Waals surface area contributed by atoms with Crippen LogP contribution in [0.2, 0.25) is 0 Å². The van der Waals surface area contributed by atoms with Crippen molar-refractivity contribution in [3.8, 4) is 5.75 Å². The Bertz CT molecular complexity index is 796. The molecule has 1 saturated heterocycles. The molecule has 0 bridgehead atoms. The summed E-state index contributed by atoms with van der Waals surface area (Å²) < 4.78 is 7.44. The normalized spacial score (nSPS) is 14.7. The van der Waals surface area contributed by atoms with Crippen molar-refractivity contribution in [2.75, 3.05) is 34.3 Å². The van der Waals surface area contributed by atoms with Gasteiger partial charge in [-0.1, -0.05) is 18.2 Å². The van der Waals surface area contributed by atoms with Crippen molar-refractivity contribution in [1.82, 2.24) is 19.4 Å². The number of likely N-dealkylation sites (N-methyl/N-ethyl adjacent to an activating group) is 1. The number of carbonyl (C=O) groups excluding carboxylic acids is 1. The molecule has 3 rings (SSSR count). The molecule has 1 aromatic carbocycles. The molecule has 0 aliphatic carbocycles. The highest BCUT2D eigenvalue weighted by Gasteiger charge is 2.43. The van der Waals surface area contributed by atoms with E-state index in [1.54, 1.807) is 24.5 Å². The van der Waals surface area contributed by atoms with Crippen molar-refractivity contribution < 1.29 is 29.3 Å². The second-order valence-corrected chi connectivity index (χ2v) is 7.00. The van der Waals surface area contributed by atoms with Gasteiger partial charge in [-0.15, -0.1) is 0 Å². The fraction of sp³-hybridized carbons (Fsp3) is 0.429. The number of likely N-dealkylation sites (tertiary alicyclic amines) is 1. The number of carboxylic acid groups (broad SMARTS) is 2. The SMILES string of the molecule is COc1ccccc1CN1CCC(C(=O)N(C)C)(n2ccnc2)CC1.O=CO.O=CO. The minimum absolute atomic E-state index is 0.141. The molecule has 0 unspecified atom stereocenters. The van der Waals surface area contributed by atoms with Crippen LogP contribution in [-0.4, -0.2) is 82.7 Å². The predicted octanol–water partition coefficient (Wildman–Crippen LogP) is 1.37. The summed E-state index contributed by atoms with van der Waals surface area (Å²) in [5, 5.41) is 13.8. The van der Waals surface area contributed by atoms with Crippen molar-refractivity contribution in [3.05, 3.63) is 48.5 Å². The molecule has 1 aromatic heterocycles. The van der Waals surface area contributed by atoms with Gasteiger partial charge in [0.05, 0.1) is 13.4 Å². The summed E-state index contributed by atoms with van der Waals surface area (Å²) in [6, 6.07) is 8.11. The quantitative estimate of drug-likeness (QED) is 0.676. The van der Waals surface area contributed by atoms with Crippen LogP contribution in [-0.2, 0) is 26.5 Å². The summed E-state index contributed by atoms with van der Waals surface area (Å²) in [5.74, 6) is 1.06.